The van der Waals surface area contributed by atoms with Gasteiger partial charge in [-0.3, -0.25) is 0 Å². The summed E-state index contributed by atoms with van der Waals surface area (Å²) in [7, 11) is 0. The van der Waals surface area contributed by atoms with Crippen molar-refractivity contribution in [2.24, 2.45) is 11.8 Å². The van der Waals surface area contributed by atoms with Crippen molar-refractivity contribution < 1.29 is 4.74 Å². The maximum Gasteiger partial charge on any atom is 0.225 e. The second-order valence-corrected chi connectivity index (χ2v) is 4.95. The van der Waals surface area contributed by atoms with E-state index in [0.717, 1.165) is 12.4 Å². The van der Waals surface area contributed by atoms with E-state index in [0.29, 0.717) is 30.3 Å². The summed E-state index contributed by atoms with van der Waals surface area (Å²) in [5.74, 6) is 3.29. The van der Waals surface area contributed by atoms with E-state index in [2.05, 4.69) is 15.3 Å². The molecule has 0 amide bonds. The lowest BCUT2D eigenvalue weighted by atomic mass is 9.98. The van der Waals surface area contributed by atoms with Gasteiger partial charge in [0, 0.05) is 24.7 Å². The number of halogens is 1. The molecule has 1 aromatic heterocycles. The Morgan fingerprint density at radius 3 is 3.06 bits per heavy atom. The Hall–Kier alpha value is -1.03. The van der Waals surface area contributed by atoms with E-state index >= 15 is 0 Å². The molecule has 0 bridgehead atoms. The number of nitrogens with one attached hydrogen (secondary N) is 1. The second-order valence-electron chi connectivity index (χ2n) is 4.64. The van der Waals surface area contributed by atoms with Crippen molar-refractivity contribution in [3.63, 3.8) is 0 Å². The lowest BCUT2D eigenvalue weighted by molar-refractivity contribution is 0.326. The summed E-state index contributed by atoms with van der Waals surface area (Å²) in [5, 5.41) is 3.29. The lowest BCUT2D eigenvalue weighted by Crippen LogP contribution is -2.20. The third-order valence-corrected chi connectivity index (χ3v) is 3.86. The summed E-state index contributed by atoms with van der Waals surface area (Å²) < 4.78 is 5.35. The molecule has 0 radical (unpaired) electrons. The summed E-state index contributed by atoms with van der Waals surface area (Å²) in [6, 6.07) is 1.77. The first-order valence-electron chi connectivity index (χ1n) is 6.59. The molecule has 1 aromatic rings. The average Bonchev–Trinajstić information content (AvgIpc) is 2.84. The Kier molecular flexibility index (Phi) is 5.05. The summed E-state index contributed by atoms with van der Waals surface area (Å²) in [4.78, 5) is 8.50. The highest BCUT2D eigenvalue weighted by Crippen LogP contribution is 2.32. The minimum atomic E-state index is 0.618. The van der Waals surface area contributed by atoms with Gasteiger partial charge in [0.05, 0.1) is 6.61 Å². The quantitative estimate of drug-likeness (QED) is 0.807. The number of ether oxygens (including phenoxy) is 1. The van der Waals surface area contributed by atoms with E-state index in [1.165, 1.54) is 19.3 Å². The van der Waals surface area contributed by atoms with E-state index in [1.54, 1.807) is 12.3 Å². The smallest absolute Gasteiger partial charge is 0.225 e. The highest BCUT2D eigenvalue weighted by molar-refractivity contribution is 6.18. The predicted molar refractivity (Wildman–Crippen MR) is 73.2 cm³/mol. The lowest BCUT2D eigenvalue weighted by Gasteiger charge is -2.17. The van der Waals surface area contributed by atoms with Gasteiger partial charge < -0.3 is 10.1 Å². The summed E-state index contributed by atoms with van der Waals surface area (Å²) in [6.45, 7) is 3.46. The Morgan fingerprint density at radius 2 is 2.28 bits per heavy atom. The van der Waals surface area contributed by atoms with Gasteiger partial charge in [-0.25, -0.2) is 4.98 Å². The van der Waals surface area contributed by atoms with E-state index < -0.39 is 0 Å². The van der Waals surface area contributed by atoms with Gasteiger partial charge in [0.2, 0.25) is 11.8 Å². The minimum Gasteiger partial charge on any atom is -0.478 e. The summed E-state index contributed by atoms with van der Waals surface area (Å²) in [5.41, 5.74) is 0. The van der Waals surface area contributed by atoms with E-state index in [4.69, 9.17) is 16.3 Å². The molecular formula is C13H20ClN3O. The first-order valence-corrected chi connectivity index (χ1v) is 7.12. The molecule has 100 valence electrons. The summed E-state index contributed by atoms with van der Waals surface area (Å²) in [6.07, 6.45) is 5.49. The minimum absolute atomic E-state index is 0.618. The van der Waals surface area contributed by atoms with E-state index in [9.17, 15) is 0 Å². The molecule has 1 aliphatic rings. The largest absolute Gasteiger partial charge is 0.478 e. The first kappa shape index (κ1) is 13.4. The Balaban J connectivity index is 1.87. The number of rotatable bonds is 6. The van der Waals surface area contributed by atoms with Gasteiger partial charge in [-0.2, -0.15) is 4.98 Å². The molecule has 18 heavy (non-hydrogen) atoms. The molecule has 1 N–H and O–H groups in total. The van der Waals surface area contributed by atoms with E-state index in [1.807, 2.05) is 6.92 Å². The van der Waals surface area contributed by atoms with Crippen molar-refractivity contribution in [3.8, 4) is 5.88 Å². The van der Waals surface area contributed by atoms with Gasteiger partial charge in [-0.15, -0.1) is 11.6 Å². The van der Waals surface area contributed by atoms with Crippen molar-refractivity contribution in [1.82, 2.24) is 9.97 Å². The van der Waals surface area contributed by atoms with Crippen LogP contribution in [0.4, 0.5) is 5.95 Å². The third-order valence-electron chi connectivity index (χ3n) is 3.46. The van der Waals surface area contributed by atoms with Gasteiger partial charge in [-0.05, 0) is 31.6 Å². The number of hydrogen-bond acceptors (Lipinski definition) is 4. The molecular weight excluding hydrogens is 250 g/mol. The fourth-order valence-corrected chi connectivity index (χ4v) is 2.87. The van der Waals surface area contributed by atoms with Gasteiger partial charge in [0.15, 0.2) is 0 Å². The van der Waals surface area contributed by atoms with Crippen LogP contribution in [0.1, 0.15) is 26.2 Å². The number of aromatic nitrogens is 2. The molecule has 2 atom stereocenters. The number of alkyl halides is 1. The van der Waals surface area contributed by atoms with Gasteiger partial charge in [-0.1, -0.05) is 6.42 Å². The van der Waals surface area contributed by atoms with Crippen LogP contribution in [-0.2, 0) is 0 Å². The van der Waals surface area contributed by atoms with Crippen molar-refractivity contribution in [3.05, 3.63) is 12.3 Å². The average molecular weight is 270 g/mol. The predicted octanol–water partition coefficient (Wildman–Crippen LogP) is 2.94. The zero-order valence-electron chi connectivity index (χ0n) is 10.7. The fourth-order valence-electron chi connectivity index (χ4n) is 2.46. The monoisotopic (exact) mass is 269 g/mol. The standard InChI is InChI=1S/C13H20ClN3O/c1-2-18-12-6-7-15-13(17-12)16-9-11-5-3-4-10(11)8-14/h6-7,10-11H,2-5,8-9H2,1H3,(H,15,16,17). The van der Waals surface area contributed by atoms with E-state index in [-0.39, 0.29) is 0 Å². The molecule has 2 rings (SSSR count). The molecule has 0 aromatic carbocycles. The SMILES string of the molecule is CCOc1ccnc(NCC2CCCC2CCl)n1. The molecule has 4 nitrogen and oxygen atoms in total. The maximum absolute atomic E-state index is 5.97. The maximum atomic E-state index is 5.97. The van der Waals surface area contributed by atoms with Crippen molar-refractivity contribution in [2.75, 3.05) is 24.3 Å². The zero-order valence-corrected chi connectivity index (χ0v) is 11.5. The van der Waals surface area contributed by atoms with Crippen LogP contribution in [0.15, 0.2) is 12.3 Å². The van der Waals surface area contributed by atoms with Crippen LogP contribution in [0.25, 0.3) is 0 Å². The van der Waals surface area contributed by atoms with Crippen molar-refractivity contribution in [1.29, 1.82) is 0 Å². The normalized spacial score (nSPS) is 23.0. The van der Waals surface area contributed by atoms with Crippen LogP contribution >= 0.6 is 11.6 Å². The highest BCUT2D eigenvalue weighted by Gasteiger charge is 2.26. The summed E-state index contributed by atoms with van der Waals surface area (Å²) >= 11 is 5.97. The van der Waals surface area contributed by atoms with Crippen LogP contribution in [0, 0.1) is 11.8 Å². The molecule has 1 heterocycles. The van der Waals surface area contributed by atoms with Crippen LogP contribution in [0.3, 0.4) is 0 Å². The van der Waals surface area contributed by atoms with Crippen molar-refractivity contribution >= 4 is 17.5 Å². The number of anilines is 1. The van der Waals surface area contributed by atoms with Crippen LogP contribution in [0.5, 0.6) is 5.88 Å². The molecule has 1 saturated carbocycles. The fraction of sp³-hybridized carbons (Fsp3) is 0.692. The Bertz CT molecular complexity index is 375. The van der Waals surface area contributed by atoms with Gasteiger partial charge >= 0.3 is 0 Å². The molecule has 5 heteroatoms. The molecule has 0 saturated heterocycles. The third kappa shape index (κ3) is 3.48. The number of hydrogen-bond donors (Lipinski definition) is 1. The van der Waals surface area contributed by atoms with Gasteiger partial charge in [0.1, 0.15) is 0 Å². The topological polar surface area (TPSA) is 47.0 Å². The van der Waals surface area contributed by atoms with Gasteiger partial charge in [0.25, 0.3) is 0 Å². The van der Waals surface area contributed by atoms with Crippen LogP contribution in [-0.4, -0.2) is 29.0 Å². The highest BCUT2D eigenvalue weighted by atomic mass is 35.5. The van der Waals surface area contributed by atoms with Crippen LogP contribution in [0.2, 0.25) is 0 Å². The molecule has 0 aliphatic heterocycles. The molecule has 2 unspecified atom stereocenters. The molecule has 1 fully saturated rings. The first-order chi connectivity index (χ1) is 8.83. The molecule has 0 spiro atoms. The Morgan fingerprint density at radius 1 is 1.44 bits per heavy atom. The Labute approximate surface area is 113 Å². The van der Waals surface area contributed by atoms with Crippen molar-refractivity contribution in [2.45, 2.75) is 26.2 Å². The zero-order chi connectivity index (χ0) is 12.8. The molecule has 1 aliphatic carbocycles. The second kappa shape index (κ2) is 6.78. The number of nitrogens with zero attached hydrogens (tertiary/aromatic N) is 2. The van der Waals surface area contributed by atoms with Crippen LogP contribution < -0.4 is 10.1 Å².